The Kier molecular flexibility index (Phi) is 1.79. The quantitative estimate of drug-likeness (QED) is 0.706. The predicted molar refractivity (Wildman–Crippen MR) is 52.2 cm³/mol. The molecule has 3 heteroatoms. The summed E-state index contributed by atoms with van der Waals surface area (Å²) in [5.74, 6) is 1.92. The Labute approximate surface area is 79.2 Å². The fraction of sp³-hybridized carbons (Fsp3) is 0.900. The first-order chi connectivity index (χ1) is 6.43. The average Bonchev–Trinajstić information content (AvgIpc) is 3.04. The molecule has 0 radical (unpaired) electrons. The van der Waals surface area contributed by atoms with E-state index in [1.165, 1.54) is 25.7 Å². The van der Waals surface area contributed by atoms with Gasteiger partial charge in [-0.1, -0.05) is 0 Å². The lowest BCUT2D eigenvalue weighted by Crippen LogP contribution is -2.43. The average molecular weight is 179 g/mol. The topological polar surface area (TPSA) is 27.6 Å². The van der Waals surface area contributed by atoms with Gasteiger partial charge in [-0.15, -0.1) is 0 Å². The van der Waals surface area contributed by atoms with Crippen LogP contribution in [0.3, 0.4) is 0 Å². The van der Waals surface area contributed by atoms with Crippen LogP contribution in [-0.4, -0.2) is 23.9 Å². The van der Waals surface area contributed by atoms with Crippen molar-refractivity contribution in [2.75, 3.05) is 6.54 Å². The van der Waals surface area contributed by atoms with Gasteiger partial charge in [-0.05, 0) is 37.5 Å². The van der Waals surface area contributed by atoms with Gasteiger partial charge in [0, 0.05) is 18.7 Å². The zero-order chi connectivity index (χ0) is 8.67. The highest BCUT2D eigenvalue weighted by atomic mass is 15.7. The Hall–Kier alpha value is -0.570. The van der Waals surface area contributed by atoms with Crippen LogP contribution in [0.1, 0.15) is 32.1 Å². The predicted octanol–water partition coefficient (Wildman–Crippen LogP) is 1.37. The van der Waals surface area contributed by atoms with E-state index in [0.29, 0.717) is 0 Å². The third kappa shape index (κ3) is 1.70. The normalized spacial score (nSPS) is 27.6. The van der Waals surface area contributed by atoms with Gasteiger partial charge in [0.1, 0.15) is 0 Å². The second-order valence-electron chi connectivity index (χ2n) is 4.54. The maximum Gasteiger partial charge on any atom is 0.0583 e. The summed E-state index contributed by atoms with van der Waals surface area (Å²) in [7, 11) is 0. The first kappa shape index (κ1) is 7.80. The van der Waals surface area contributed by atoms with Gasteiger partial charge in [-0.3, -0.25) is 0 Å². The molecule has 1 N–H and O–H groups in total. The summed E-state index contributed by atoms with van der Waals surface area (Å²) < 4.78 is 0. The van der Waals surface area contributed by atoms with Crippen molar-refractivity contribution in [2.24, 2.45) is 16.9 Å². The molecule has 2 fully saturated rings. The standard InChI is InChI=1S/C10H17N3/c1-6-11-13(7-1)12-10(8-2-3-8)9-4-5-9/h6,8-10,12H,1-5,7H2. The lowest BCUT2D eigenvalue weighted by atomic mass is 10.1. The van der Waals surface area contributed by atoms with E-state index in [1.807, 2.05) is 11.3 Å². The minimum atomic E-state index is 0.746. The minimum Gasteiger partial charge on any atom is -0.230 e. The highest BCUT2D eigenvalue weighted by Crippen LogP contribution is 2.44. The van der Waals surface area contributed by atoms with Crippen LogP contribution in [0, 0.1) is 11.8 Å². The number of rotatable bonds is 4. The van der Waals surface area contributed by atoms with E-state index < -0.39 is 0 Å². The van der Waals surface area contributed by atoms with Gasteiger partial charge >= 0.3 is 0 Å². The second-order valence-corrected chi connectivity index (χ2v) is 4.54. The second kappa shape index (κ2) is 2.98. The number of hydrogen-bond donors (Lipinski definition) is 1. The summed E-state index contributed by atoms with van der Waals surface area (Å²) in [6.45, 7) is 1.07. The number of hydrogen-bond acceptors (Lipinski definition) is 3. The van der Waals surface area contributed by atoms with Crippen molar-refractivity contribution in [3.8, 4) is 0 Å². The molecule has 13 heavy (non-hydrogen) atoms. The van der Waals surface area contributed by atoms with Gasteiger partial charge in [0.05, 0.1) is 6.54 Å². The Bertz CT molecular complexity index is 206. The van der Waals surface area contributed by atoms with Crippen molar-refractivity contribution in [2.45, 2.75) is 38.1 Å². The molecule has 3 nitrogen and oxygen atoms in total. The fourth-order valence-corrected chi connectivity index (χ4v) is 2.17. The van der Waals surface area contributed by atoms with Gasteiger partial charge in [0.2, 0.25) is 0 Å². The molecule has 0 atom stereocenters. The van der Waals surface area contributed by atoms with E-state index in [4.69, 9.17) is 0 Å². The molecule has 3 rings (SSSR count). The Morgan fingerprint density at radius 3 is 2.38 bits per heavy atom. The van der Waals surface area contributed by atoms with Crippen LogP contribution in [0.15, 0.2) is 5.10 Å². The molecule has 0 aromatic heterocycles. The third-order valence-corrected chi connectivity index (χ3v) is 3.25. The molecule has 0 unspecified atom stereocenters. The largest absolute Gasteiger partial charge is 0.230 e. The van der Waals surface area contributed by atoms with Crippen molar-refractivity contribution in [1.82, 2.24) is 10.5 Å². The minimum absolute atomic E-state index is 0.746. The highest BCUT2D eigenvalue weighted by molar-refractivity contribution is 5.58. The number of nitrogens with zero attached hydrogens (tertiary/aromatic N) is 2. The third-order valence-electron chi connectivity index (χ3n) is 3.25. The zero-order valence-electron chi connectivity index (χ0n) is 7.95. The molecule has 1 heterocycles. The molecular formula is C10H17N3. The van der Waals surface area contributed by atoms with E-state index >= 15 is 0 Å². The maximum absolute atomic E-state index is 4.29. The van der Waals surface area contributed by atoms with Crippen molar-refractivity contribution in [3.05, 3.63) is 0 Å². The molecule has 3 aliphatic rings. The van der Waals surface area contributed by atoms with Crippen molar-refractivity contribution in [1.29, 1.82) is 0 Å². The van der Waals surface area contributed by atoms with Gasteiger partial charge in [0.15, 0.2) is 0 Å². The summed E-state index contributed by atoms with van der Waals surface area (Å²) >= 11 is 0. The summed E-state index contributed by atoms with van der Waals surface area (Å²) in [5, 5.41) is 6.34. The molecule has 72 valence electrons. The van der Waals surface area contributed by atoms with E-state index in [-0.39, 0.29) is 0 Å². The van der Waals surface area contributed by atoms with Gasteiger partial charge in [0.25, 0.3) is 0 Å². The molecule has 2 aliphatic carbocycles. The summed E-state index contributed by atoms with van der Waals surface area (Å²) in [6.07, 6.45) is 8.85. The molecule has 0 aromatic carbocycles. The van der Waals surface area contributed by atoms with Crippen LogP contribution in [-0.2, 0) is 0 Å². The number of hydrazone groups is 1. The summed E-state index contributed by atoms with van der Waals surface area (Å²) in [4.78, 5) is 0. The van der Waals surface area contributed by atoms with Crippen LogP contribution in [0.5, 0.6) is 0 Å². The molecule has 2 saturated carbocycles. The van der Waals surface area contributed by atoms with Crippen LogP contribution in [0.2, 0.25) is 0 Å². The fourth-order valence-electron chi connectivity index (χ4n) is 2.17. The van der Waals surface area contributed by atoms with Crippen LogP contribution < -0.4 is 5.43 Å². The van der Waals surface area contributed by atoms with Crippen LogP contribution in [0.25, 0.3) is 0 Å². The molecule has 1 aliphatic heterocycles. The van der Waals surface area contributed by atoms with Gasteiger partial charge < -0.3 is 0 Å². The van der Waals surface area contributed by atoms with Gasteiger partial charge in [-0.25, -0.2) is 10.5 Å². The van der Waals surface area contributed by atoms with E-state index in [1.54, 1.807) is 0 Å². The molecular weight excluding hydrogens is 162 g/mol. The monoisotopic (exact) mass is 179 g/mol. The first-order valence-electron chi connectivity index (χ1n) is 5.49. The zero-order valence-corrected chi connectivity index (χ0v) is 7.95. The molecule has 0 bridgehead atoms. The molecule has 0 spiro atoms. The first-order valence-corrected chi connectivity index (χ1v) is 5.49. The van der Waals surface area contributed by atoms with Crippen molar-refractivity contribution in [3.63, 3.8) is 0 Å². The molecule has 0 amide bonds. The van der Waals surface area contributed by atoms with Crippen LogP contribution in [0.4, 0.5) is 0 Å². The lowest BCUT2D eigenvalue weighted by Gasteiger charge is -2.23. The van der Waals surface area contributed by atoms with Crippen molar-refractivity contribution >= 4 is 6.21 Å². The Balaban J connectivity index is 1.57. The smallest absolute Gasteiger partial charge is 0.0583 e. The lowest BCUT2D eigenvalue weighted by molar-refractivity contribution is 0.160. The number of nitrogens with one attached hydrogen (secondary N) is 1. The molecule has 0 aromatic rings. The van der Waals surface area contributed by atoms with Gasteiger partial charge in [-0.2, -0.15) is 5.10 Å². The van der Waals surface area contributed by atoms with Crippen LogP contribution >= 0.6 is 0 Å². The summed E-state index contributed by atoms with van der Waals surface area (Å²) in [6, 6.07) is 0.746. The van der Waals surface area contributed by atoms with E-state index in [2.05, 4.69) is 10.5 Å². The Morgan fingerprint density at radius 1 is 1.23 bits per heavy atom. The summed E-state index contributed by atoms with van der Waals surface area (Å²) in [5.41, 5.74) is 3.58. The SMILES string of the molecule is C1=NN(NC(C2CC2)C2CC2)CC1. The highest BCUT2D eigenvalue weighted by Gasteiger charge is 2.42. The molecule has 0 saturated heterocycles. The van der Waals surface area contributed by atoms with E-state index in [9.17, 15) is 0 Å². The van der Waals surface area contributed by atoms with Crippen molar-refractivity contribution < 1.29 is 0 Å². The number of hydrazine groups is 1. The Morgan fingerprint density at radius 2 is 1.92 bits per heavy atom. The van der Waals surface area contributed by atoms with E-state index in [0.717, 1.165) is 30.8 Å². The maximum atomic E-state index is 4.29.